The Morgan fingerprint density at radius 3 is 2.26 bits per heavy atom. The van der Waals surface area contributed by atoms with Crippen molar-refractivity contribution in [3.8, 4) is 23.0 Å². The van der Waals surface area contributed by atoms with E-state index in [0.717, 1.165) is 12.1 Å². The minimum absolute atomic E-state index is 0.0926. The molecule has 0 bridgehead atoms. The number of allylic oxidation sites excluding steroid dienone is 1. The number of benzene rings is 2. The van der Waals surface area contributed by atoms with E-state index in [9.17, 15) is 35.4 Å². The molecule has 7 nitrogen and oxygen atoms in total. The molecule has 0 aliphatic heterocycles. The summed E-state index contributed by atoms with van der Waals surface area (Å²) >= 11 is 0. The molecule has 6 N–H and O–H groups in total. The van der Waals surface area contributed by atoms with E-state index in [2.05, 4.69) is 0 Å². The first kappa shape index (κ1) is 20.3. The number of aliphatic hydroxyl groups excluding tert-OH is 1. The van der Waals surface area contributed by atoms with Gasteiger partial charge < -0.3 is 30.6 Å². The molecule has 0 saturated heterocycles. The molecule has 0 heterocycles. The maximum absolute atomic E-state index is 12.4. The van der Waals surface area contributed by atoms with Crippen LogP contribution in [0, 0.1) is 0 Å². The molecule has 0 amide bonds. The standard InChI is InChI=1S/C20H22O7/c1-20(2,27)19(26)9-12-8-13(17(24)10-16(12)23)14(21)5-3-11-4-6-15(22)18(25)7-11/h3-8,10,19,22-27H,9H2,1-2H3/b5-3+/t19-/m1/s1. The van der Waals surface area contributed by atoms with E-state index in [4.69, 9.17) is 0 Å². The summed E-state index contributed by atoms with van der Waals surface area (Å²) in [7, 11) is 0. The summed E-state index contributed by atoms with van der Waals surface area (Å²) in [5, 5.41) is 58.5. The largest absolute Gasteiger partial charge is 0.508 e. The van der Waals surface area contributed by atoms with E-state index in [1.165, 1.54) is 44.2 Å². The molecule has 0 fully saturated rings. The molecule has 0 aliphatic carbocycles. The predicted molar refractivity (Wildman–Crippen MR) is 98.9 cm³/mol. The summed E-state index contributed by atoms with van der Waals surface area (Å²) in [5.41, 5.74) is -0.851. The second-order valence-electron chi connectivity index (χ2n) is 6.82. The first-order valence-corrected chi connectivity index (χ1v) is 8.18. The van der Waals surface area contributed by atoms with Crippen molar-refractivity contribution in [2.45, 2.75) is 32.0 Å². The van der Waals surface area contributed by atoms with Gasteiger partial charge in [-0.25, -0.2) is 0 Å². The molecule has 27 heavy (non-hydrogen) atoms. The van der Waals surface area contributed by atoms with Crippen LogP contribution in [0.4, 0.5) is 0 Å². The van der Waals surface area contributed by atoms with Crippen LogP contribution in [0.15, 0.2) is 36.4 Å². The van der Waals surface area contributed by atoms with Crippen LogP contribution < -0.4 is 0 Å². The lowest BCUT2D eigenvalue weighted by atomic mass is 9.93. The molecule has 0 saturated carbocycles. The molecule has 0 aromatic heterocycles. The molecule has 0 radical (unpaired) electrons. The van der Waals surface area contributed by atoms with Crippen LogP contribution in [0.2, 0.25) is 0 Å². The number of aromatic hydroxyl groups is 4. The Balaban J connectivity index is 2.28. The van der Waals surface area contributed by atoms with Gasteiger partial charge in [0.1, 0.15) is 11.5 Å². The monoisotopic (exact) mass is 374 g/mol. The fourth-order valence-electron chi connectivity index (χ4n) is 2.35. The summed E-state index contributed by atoms with van der Waals surface area (Å²) in [6, 6.07) is 6.27. The second kappa shape index (κ2) is 7.69. The number of ketones is 1. The van der Waals surface area contributed by atoms with Gasteiger partial charge in [-0.2, -0.15) is 0 Å². The Labute approximate surface area is 156 Å². The zero-order valence-corrected chi connectivity index (χ0v) is 14.9. The molecule has 0 spiro atoms. The molecule has 0 aliphatic rings. The van der Waals surface area contributed by atoms with Crippen molar-refractivity contribution >= 4 is 11.9 Å². The normalized spacial score (nSPS) is 13.0. The Morgan fingerprint density at radius 1 is 1.00 bits per heavy atom. The van der Waals surface area contributed by atoms with E-state index in [0.29, 0.717) is 5.56 Å². The van der Waals surface area contributed by atoms with Gasteiger partial charge in [-0.15, -0.1) is 0 Å². The van der Waals surface area contributed by atoms with Crippen LogP contribution in [0.25, 0.3) is 6.08 Å². The Bertz CT molecular complexity index is 879. The summed E-state index contributed by atoms with van der Waals surface area (Å²) in [6.45, 7) is 2.83. The Morgan fingerprint density at radius 2 is 1.67 bits per heavy atom. The number of aliphatic hydroxyl groups is 2. The van der Waals surface area contributed by atoms with Gasteiger partial charge in [0.25, 0.3) is 0 Å². The van der Waals surface area contributed by atoms with E-state index in [1.807, 2.05) is 0 Å². The summed E-state index contributed by atoms with van der Waals surface area (Å²) < 4.78 is 0. The average Bonchev–Trinajstić information content (AvgIpc) is 2.57. The van der Waals surface area contributed by atoms with Gasteiger partial charge in [-0.3, -0.25) is 4.79 Å². The van der Waals surface area contributed by atoms with Gasteiger partial charge in [0, 0.05) is 12.5 Å². The zero-order valence-electron chi connectivity index (χ0n) is 14.9. The smallest absolute Gasteiger partial charge is 0.189 e. The second-order valence-corrected chi connectivity index (χ2v) is 6.82. The number of phenols is 4. The minimum Gasteiger partial charge on any atom is -0.508 e. The lowest BCUT2D eigenvalue weighted by Gasteiger charge is -2.25. The fraction of sp³-hybridized carbons (Fsp3) is 0.250. The highest BCUT2D eigenvalue weighted by Crippen LogP contribution is 2.30. The molecule has 2 aromatic rings. The topological polar surface area (TPSA) is 138 Å². The minimum atomic E-state index is -1.41. The summed E-state index contributed by atoms with van der Waals surface area (Å²) in [4.78, 5) is 12.4. The molecule has 2 rings (SSSR count). The van der Waals surface area contributed by atoms with Crippen LogP contribution in [0.5, 0.6) is 23.0 Å². The number of rotatable bonds is 6. The maximum Gasteiger partial charge on any atom is 0.189 e. The van der Waals surface area contributed by atoms with Crippen molar-refractivity contribution in [3.05, 3.63) is 53.1 Å². The lowest BCUT2D eigenvalue weighted by molar-refractivity contribution is -0.0471. The average molecular weight is 374 g/mol. The number of phenolic OH excluding ortho intramolecular Hbond substituents is 4. The van der Waals surface area contributed by atoms with Crippen molar-refractivity contribution in [3.63, 3.8) is 0 Å². The summed E-state index contributed by atoms with van der Waals surface area (Å²) in [5.74, 6) is -1.93. The van der Waals surface area contributed by atoms with Crippen molar-refractivity contribution < 1.29 is 35.4 Å². The van der Waals surface area contributed by atoms with Crippen LogP contribution in [0.3, 0.4) is 0 Å². The number of hydrogen-bond acceptors (Lipinski definition) is 7. The number of carbonyl (C=O) groups is 1. The van der Waals surface area contributed by atoms with Crippen LogP contribution in [0.1, 0.15) is 35.3 Å². The van der Waals surface area contributed by atoms with Crippen molar-refractivity contribution in [2.75, 3.05) is 0 Å². The third-order valence-corrected chi connectivity index (χ3v) is 4.12. The van der Waals surface area contributed by atoms with E-state index in [1.54, 1.807) is 0 Å². The molecule has 0 unspecified atom stereocenters. The van der Waals surface area contributed by atoms with Crippen LogP contribution in [-0.2, 0) is 6.42 Å². The molecular weight excluding hydrogens is 352 g/mol. The Kier molecular flexibility index (Phi) is 5.78. The Hall–Kier alpha value is -3.03. The molecular formula is C20H22O7. The summed E-state index contributed by atoms with van der Waals surface area (Å²) in [6.07, 6.45) is 1.24. The number of hydrogen-bond donors (Lipinski definition) is 6. The van der Waals surface area contributed by atoms with Crippen LogP contribution in [-0.4, -0.2) is 48.1 Å². The van der Waals surface area contributed by atoms with E-state index >= 15 is 0 Å². The van der Waals surface area contributed by atoms with Gasteiger partial charge in [-0.1, -0.05) is 12.1 Å². The molecule has 144 valence electrons. The SMILES string of the molecule is CC(C)(O)[C@H](O)Cc1cc(C(=O)/C=C/c2ccc(O)c(O)c2)c(O)cc1O. The first-order valence-electron chi connectivity index (χ1n) is 8.18. The van der Waals surface area contributed by atoms with Gasteiger partial charge in [-0.05, 0) is 49.2 Å². The third-order valence-electron chi connectivity index (χ3n) is 4.12. The quantitative estimate of drug-likeness (QED) is 0.258. The number of carbonyl (C=O) groups excluding carboxylic acids is 1. The molecule has 7 heteroatoms. The van der Waals surface area contributed by atoms with Gasteiger partial charge >= 0.3 is 0 Å². The highest BCUT2D eigenvalue weighted by molar-refractivity contribution is 6.08. The van der Waals surface area contributed by atoms with E-state index in [-0.39, 0.29) is 34.8 Å². The van der Waals surface area contributed by atoms with Gasteiger partial charge in [0.2, 0.25) is 0 Å². The maximum atomic E-state index is 12.4. The predicted octanol–water partition coefficient (Wildman–Crippen LogP) is 2.08. The van der Waals surface area contributed by atoms with Crippen molar-refractivity contribution in [1.29, 1.82) is 0 Å². The zero-order chi connectivity index (χ0) is 20.4. The molecule has 2 aromatic carbocycles. The van der Waals surface area contributed by atoms with Crippen molar-refractivity contribution in [2.24, 2.45) is 0 Å². The highest BCUT2D eigenvalue weighted by Gasteiger charge is 2.26. The lowest BCUT2D eigenvalue weighted by Crippen LogP contribution is -2.37. The fourth-order valence-corrected chi connectivity index (χ4v) is 2.35. The third kappa shape index (κ3) is 4.99. The van der Waals surface area contributed by atoms with Crippen LogP contribution >= 0.6 is 0 Å². The van der Waals surface area contributed by atoms with Crippen molar-refractivity contribution in [1.82, 2.24) is 0 Å². The van der Waals surface area contributed by atoms with Gasteiger partial charge in [0.15, 0.2) is 17.3 Å². The molecule has 1 atom stereocenters. The first-order chi connectivity index (χ1) is 12.5. The highest BCUT2D eigenvalue weighted by atomic mass is 16.3. The van der Waals surface area contributed by atoms with E-state index < -0.39 is 23.2 Å². The van der Waals surface area contributed by atoms with Gasteiger partial charge in [0.05, 0.1) is 17.3 Å².